The SMILES string of the molecule is CC1(C)OC(=O)C(=Cc2ccccc2-c2ccc(Cl)c(Cl)c2)C(=O)O1. The summed E-state index contributed by atoms with van der Waals surface area (Å²) in [6.45, 7) is 3.01. The maximum absolute atomic E-state index is 12.1. The van der Waals surface area contributed by atoms with Crippen LogP contribution >= 0.6 is 23.2 Å². The van der Waals surface area contributed by atoms with Crippen LogP contribution in [0.3, 0.4) is 0 Å². The Hall–Kier alpha value is -2.30. The minimum atomic E-state index is -1.27. The van der Waals surface area contributed by atoms with Crippen molar-refractivity contribution in [2.75, 3.05) is 0 Å². The molecule has 0 radical (unpaired) electrons. The molecule has 2 aromatic rings. The van der Waals surface area contributed by atoms with E-state index in [1.807, 2.05) is 18.2 Å². The van der Waals surface area contributed by atoms with Crippen molar-refractivity contribution in [1.82, 2.24) is 0 Å². The average molecular weight is 377 g/mol. The third-order valence-corrected chi connectivity index (χ3v) is 4.35. The highest BCUT2D eigenvalue weighted by Gasteiger charge is 2.38. The van der Waals surface area contributed by atoms with Crippen molar-refractivity contribution >= 4 is 41.2 Å². The van der Waals surface area contributed by atoms with Gasteiger partial charge in [-0.15, -0.1) is 0 Å². The molecule has 2 aromatic carbocycles. The van der Waals surface area contributed by atoms with Gasteiger partial charge in [0.2, 0.25) is 0 Å². The Labute approximate surface area is 155 Å². The second kappa shape index (κ2) is 6.54. The van der Waals surface area contributed by atoms with Gasteiger partial charge in [0.1, 0.15) is 5.57 Å². The van der Waals surface area contributed by atoms with Crippen molar-refractivity contribution in [3.05, 3.63) is 63.6 Å². The fourth-order valence-electron chi connectivity index (χ4n) is 2.48. The van der Waals surface area contributed by atoms with Gasteiger partial charge in [-0.25, -0.2) is 9.59 Å². The quantitative estimate of drug-likeness (QED) is 0.425. The Balaban J connectivity index is 2.06. The van der Waals surface area contributed by atoms with Crippen LogP contribution in [0.1, 0.15) is 19.4 Å². The first-order valence-corrected chi connectivity index (χ1v) is 8.25. The topological polar surface area (TPSA) is 52.6 Å². The molecule has 25 heavy (non-hydrogen) atoms. The molecule has 3 rings (SSSR count). The van der Waals surface area contributed by atoms with Gasteiger partial charge in [0.05, 0.1) is 10.0 Å². The van der Waals surface area contributed by atoms with Gasteiger partial charge in [0, 0.05) is 13.8 Å². The molecule has 0 saturated carbocycles. The highest BCUT2D eigenvalue weighted by Crippen LogP contribution is 2.32. The molecule has 0 atom stereocenters. The third kappa shape index (κ3) is 3.70. The van der Waals surface area contributed by atoms with Crippen LogP contribution in [0.2, 0.25) is 10.0 Å². The molecular formula is C19H14Cl2O4. The van der Waals surface area contributed by atoms with Crippen LogP contribution in [0.25, 0.3) is 17.2 Å². The zero-order valence-electron chi connectivity index (χ0n) is 13.5. The highest BCUT2D eigenvalue weighted by molar-refractivity contribution is 6.42. The van der Waals surface area contributed by atoms with Crippen LogP contribution in [0.15, 0.2) is 48.0 Å². The lowest BCUT2D eigenvalue weighted by atomic mass is 9.98. The van der Waals surface area contributed by atoms with E-state index in [-0.39, 0.29) is 5.57 Å². The fraction of sp³-hybridized carbons (Fsp3) is 0.158. The van der Waals surface area contributed by atoms with Crippen molar-refractivity contribution in [1.29, 1.82) is 0 Å². The minimum absolute atomic E-state index is 0.160. The van der Waals surface area contributed by atoms with E-state index in [1.165, 1.54) is 19.9 Å². The molecule has 4 nitrogen and oxygen atoms in total. The summed E-state index contributed by atoms with van der Waals surface area (Å²) in [6, 6.07) is 12.5. The summed E-state index contributed by atoms with van der Waals surface area (Å²) in [7, 11) is 0. The predicted molar refractivity (Wildman–Crippen MR) is 96.1 cm³/mol. The van der Waals surface area contributed by atoms with Crippen LogP contribution < -0.4 is 0 Å². The van der Waals surface area contributed by atoms with Crippen molar-refractivity contribution in [3.63, 3.8) is 0 Å². The Bertz CT molecular complexity index is 878. The van der Waals surface area contributed by atoms with Crippen molar-refractivity contribution in [2.45, 2.75) is 19.6 Å². The van der Waals surface area contributed by atoms with Gasteiger partial charge in [0.15, 0.2) is 0 Å². The zero-order valence-corrected chi connectivity index (χ0v) is 15.0. The molecule has 0 spiro atoms. The molecule has 128 valence electrons. The van der Waals surface area contributed by atoms with E-state index in [9.17, 15) is 9.59 Å². The molecule has 1 heterocycles. The first kappa shape index (κ1) is 17.5. The Morgan fingerprint density at radius 2 is 1.56 bits per heavy atom. The van der Waals surface area contributed by atoms with E-state index in [4.69, 9.17) is 32.7 Å². The minimum Gasteiger partial charge on any atom is -0.419 e. The molecule has 1 aliphatic rings. The summed E-state index contributed by atoms with van der Waals surface area (Å²) >= 11 is 12.1. The number of hydrogen-bond donors (Lipinski definition) is 0. The summed E-state index contributed by atoms with van der Waals surface area (Å²) in [6.07, 6.45) is 1.46. The van der Waals surface area contributed by atoms with Gasteiger partial charge in [-0.05, 0) is 34.9 Å². The van der Waals surface area contributed by atoms with Crippen molar-refractivity contribution in [3.8, 4) is 11.1 Å². The van der Waals surface area contributed by atoms with E-state index >= 15 is 0 Å². The van der Waals surface area contributed by atoms with Crippen LogP contribution in [-0.4, -0.2) is 17.7 Å². The van der Waals surface area contributed by atoms with E-state index in [0.29, 0.717) is 15.6 Å². The zero-order chi connectivity index (χ0) is 18.2. The van der Waals surface area contributed by atoms with Gasteiger partial charge in [0.25, 0.3) is 5.79 Å². The number of carbonyl (C=O) groups is 2. The molecule has 1 fully saturated rings. The molecule has 0 N–H and O–H groups in total. The lowest BCUT2D eigenvalue weighted by Crippen LogP contribution is -2.41. The second-order valence-electron chi connectivity index (χ2n) is 5.95. The molecule has 6 heteroatoms. The average Bonchev–Trinajstić information content (AvgIpc) is 2.53. The van der Waals surface area contributed by atoms with Gasteiger partial charge < -0.3 is 9.47 Å². The maximum atomic E-state index is 12.1. The second-order valence-corrected chi connectivity index (χ2v) is 6.77. The number of halogens is 2. The van der Waals surface area contributed by atoms with E-state index in [1.54, 1.807) is 24.3 Å². The summed E-state index contributed by atoms with van der Waals surface area (Å²) in [5.41, 5.74) is 2.09. The first-order chi connectivity index (χ1) is 11.8. The summed E-state index contributed by atoms with van der Waals surface area (Å²) in [5.74, 6) is -2.70. The van der Waals surface area contributed by atoms with E-state index < -0.39 is 17.7 Å². The molecule has 1 aliphatic heterocycles. The number of rotatable bonds is 2. The van der Waals surface area contributed by atoms with Crippen molar-refractivity contribution < 1.29 is 19.1 Å². The molecule has 1 saturated heterocycles. The van der Waals surface area contributed by atoms with Gasteiger partial charge >= 0.3 is 11.9 Å². The summed E-state index contributed by atoms with van der Waals surface area (Å²) in [4.78, 5) is 24.3. The fourth-order valence-corrected chi connectivity index (χ4v) is 2.78. The Morgan fingerprint density at radius 1 is 0.920 bits per heavy atom. The van der Waals surface area contributed by atoms with E-state index in [0.717, 1.165) is 11.1 Å². The van der Waals surface area contributed by atoms with Gasteiger partial charge in [-0.3, -0.25) is 0 Å². The van der Waals surface area contributed by atoms with Crippen LogP contribution in [0.4, 0.5) is 0 Å². The predicted octanol–water partition coefficient (Wildman–Crippen LogP) is 4.88. The number of benzene rings is 2. The number of ether oxygens (including phenoxy) is 2. The third-order valence-electron chi connectivity index (χ3n) is 3.61. The standard InChI is InChI=1S/C19H14Cl2O4/c1-19(2)24-17(22)14(18(23)25-19)9-11-5-3-4-6-13(11)12-7-8-15(20)16(21)10-12/h3-10H,1-2H3. The molecule has 0 amide bonds. The molecule has 0 bridgehead atoms. The lowest BCUT2D eigenvalue weighted by molar-refractivity contribution is -0.222. The largest absolute Gasteiger partial charge is 0.419 e. The normalized spacial score (nSPS) is 16.2. The maximum Gasteiger partial charge on any atom is 0.348 e. The molecule has 0 aliphatic carbocycles. The van der Waals surface area contributed by atoms with Crippen LogP contribution in [0.5, 0.6) is 0 Å². The van der Waals surface area contributed by atoms with Crippen LogP contribution in [0, 0.1) is 0 Å². The molecular weight excluding hydrogens is 363 g/mol. The number of carbonyl (C=O) groups excluding carboxylic acids is 2. The lowest BCUT2D eigenvalue weighted by Gasteiger charge is -2.29. The molecule has 0 aromatic heterocycles. The first-order valence-electron chi connectivity index (χ1n) is 7.50. The Kier molecular flexibility index (Phi) is 4.58. The summed E-state index contributed by atoms with van der Waals surface area (Å²) in [5, 5.41) is 0.864. The highest BCUT2D eigenvalue weighted by atomic mass is 35.5. The smallest absolute Gasteiger partial charge is 0.348 e. The molecule has 0 unspecified atom stereocenters. The number of esters is 2. The number of cyclic esters (lactones) is 2. The van der Waals surface area contributed by atoms with Crippen molar-refractivity contribution in [2.24, 2.45) is 0 Å². The van der Waals surface area contributed by atoms with E-state index in [2.05, 4.69) is 0 Å². The number of hydrogen-bond acceptors (Lipinski definition) is 4. The summed E-state index contributed by atoms with van der Waals surface area (Å²) < 4.78 is 10.2. The van der Waals surface area contributed by atoms with Crippen LogP contribution in [-0.2, 0) is 19.1 Å². The van der Waals surface area contributed by atoms with Gasteiger partial charge in [-0.1, -0.05) is 53.5 Å². The van der Waals surface area contributed by atoms with Gasteiger partial charge in [-0.2, -0.15) is 0 Å². The Morgan fingerprint density at radius 3 is 2.20 bits per heavy atom. The monoisotopic (exact) mass is 376 g/mol.